The molecule has 3 heterocycles. The Morgan fingerprint density at radius 2 is 0.602 bits per heavy atom. The van der Waals surface area contributed by atoms with Crippen LogP contribution in [0, 0.1) is 0 Å². The van der Waals surface area contributed by atoms with Crippen LogP contribution in [0.25, 0.3) is 160 Å². The van der Waals surface area contributed by atoms with Crippen molar-refractivity contribution in [2.75, 3.05) is 10.6 Å². The minimum atomic E-state index is -0.488. The molecule has 20 rings (SSSR count). The van der Waals surface area contributed by atoms with Crippen molar-refractivity contribution in [3.8, 4) is 94.7 Å². The molecule has 0 saturated carbocycles. The maximum Gasteiger partial charge on any atom is 0.252 e. The lowest BCUT2D eigenvalue weighted by Gasteiger charge is -2.38. The van der Waals surface area contributed by atoms with Crippen LogP contribution in [0.5, 0.6) is 0 Å². The fraction of sp³-hybridized carbons (Fsp3) is 0.175. The predicted octanol–water partition coefficient (Wildman–Crippen LogP) is 29.9. The lowest BCUT2D eigenvalue weighted by molar-refractivity contribution is 0.568. The van der Waals surface area contributed by atoms with E-state index in [1.165, 1.54) is 43.8 Å². The molecule has 118 heavy (non-hydrogen) atoms. The number of benzene rings is 17. The first kappa shape index (κ1) is 69.5. The molecule has 2 N–H and O–H groups in total. The molecule has 0 unspecified atom stereocenters. The summed E-state index contributed by atoms with van der Waals surface area (Å²) in [6.45, 7) is 34.2. The largest absolute Gasteiger partial charge is 0.356 e. The van der Waals surface area contributed by atoms with Crippen LogP contribution < -0.4 is 27.0 Å². The van der Waals surface area contributed by atoms with Crippen LogP contribution in [0.15, 0.2) is 321 Å². The second-order valence-corrected chi connectivity index (χ2v) is 38.5. The summed E-state index contributed by atoms with van der Waals surface area (Å²) in [4.78, 5) is 0. The number of aromatic nitrogens is 1. The van der Waals surface area contributed by atoms with Gasteiger partial charge in [0.15, 0.2) is 0 Å². The maximum absolute atomic E-state index is 10.2. The van der Waals surface area contributed by atoms with E-state index in [9.17, 15) is 5.48 Å². The number of fused-ring (bicyclic) bond motifs is 11. The van der Waals surface area contributed by atoms with Crippen molar-refractivity contribution < 1.29 is 5.48 Å². The summed E-state index contributed by atoms with van der Waals surface area (Å²) in [7, 11) is 0. The van der Waals surface area contributed by atoms with E-state index in [1.54, 1.807) is 0 Å². The smallest absolute Gasteiger partial charge is 0.252 e. The highest BCUT2D eigenvalue weighted by molar-refractivity contribution is 7.00. The zero-order valence-corrected chi connectivity index (χ0v) is 70.3. The number of anilines is 4. The normalized spacial score (nSPS) is 13.5. The SMILES string of the molecule is [2H]c1c([2H])c([2H])c2c(c1[2H])c1cc(C(C)(C)C)ccc1n2-c1cc2c3c(c1)Nc1c(cc(-c4cc(C(C)(C)C)cc(C(C)(C)C)c4)cc1-c1c(-c4ccc5ccccc5c4)cccc1-c1ccc4ccccc4c1)B3c1cc(-c3cc(C(C)(C)C)cc(C(C)(C)C)c3)cc(-c3c(-c4ccc5ccccc5c4)cccc3-c3ccc4ccccc4c3)c1N2. The van der Waals surface area contributed by atoms with Gasteiger partial charge in [0.1, 0.15) is 0 Å². The van der Waals surface area contributed by atoms with E-state index in [2.05, 4.69) is 416 Å². The molecule has 2 aliphatic rings. The average Bonchev–Trinajstić information content (AvgIpc) is 0.953. The van der Waals surface area contributed by atoms with Gasteiger partial charge < -0.3 is 15.2 Å². The number of para-hydroxylation sites is 1. The first-order valence-corrected chi connectivity index (χ1v) is 42.0. The molecule has 0 aliphatic carbocycles. The van der Waals surface area contributed by atoms with Crippen LogP contribution >= 0.6 is 0 Å². The first-order valence-electron chi connectivity index (χ1n) is 44.0. The Kier molecular flexibility index (Phi) is 16.2. The van der Waals surface area contributed by atoms with E-state index in [0.29, 0.717) is 10.9 Å². The third kappa shape index (κ3) is 12.9. The van der Waals surface area contributed by atoms with Gasteiger partial charge in [-0.25, -0.2) is 0 Å². The molecular weight excluding hydrogens is 1420 g/mol. The number of hydrogen-bond donors (Lipinski definition) is 2. The number of rotatable bonds is 9. The molecule has 0 saturated heterocycles. The summed E-state index contributed by atoms with van der Waals surface area (Å²) < 4.78 is 41.1. The fourth-order valence-corrected chi connectivity index (χ4v) is 18.7. The van der Waals surface area contributed by atoms with Crippen molar-refractivity contribution in [3.63, 3.8) is 0 Å². The van der Waals surface area contributed by atoms with Gasteiger partial charge >= 0.3 is 0 Å². The Labute approximate surface area is 701 Å². The van der Waals surface area contributed by atoms with Gasteiger partial charge in [-0.1, -0.05) is 359 Å². The fourth-order valence-electron chi connectivity index (χ4n) is 18.7. The topological polar surface area (TPSA) is 29.0 Å². The molecule has 0 amide bonds. The molecule has 4 heteroatoms. The summed E-state index contributed by atoms with van der Waals surface area (Å²) in [5.41, 5.74) is 31.3. The molecule has 0 fully saturated rings. The Morgan fingerprint density at radius 1 is 0.263 bits per heavy atom. The molecule has 2 aliphatic heterocycles. The first-order chi connectivity index (χ1) is 58.2. The second kappa shape index (κ2) is 27.4. The van der Waals surface area contributed by atoms with Gasteiger partial charge in [-0.2, -0.15) is 0 Å². The van der Waals surface area contributed by atoms with Crippen LogP contribution in [0.2, 0.25) is 0 Å². The van der Waals surface area contributed by atoms with E-state index >= 15 is 0 Å². The van der Waals surface area contributed by atoms with Crippen molar-refractivity contribution >= 4 is 111 Å². The molecule has 0 bridgehead atoms. The highest BCUT2D eigenvalue weighted by Crippen LogP contribution is 2.52. The summed E-state index contributed by atoms with van der Waals surface area (Å²) in [6, 6.07) is 112. The summed E-state index contributed by atoms with van der Waals surface area (Å²) in [5, 5.41) is 19.4. The molecule has 18 aromatic rings. The standard InChI is InChI=1S/C114H100BN3/c1-110(2,3)85-50-51-104-96(66-85)95-36-24-25-41-103(95)118(104)90-67-101-107-102(68-90)117-109-98(106-93(79-48-44-71-30-18-22-34-75(71)54-79)39-27-40-94(106)80-49-45-72-31-19-23-35-76(72)55-80)61-84(82-58-88(113(10,11)12)65-89(59-82)114(13,14)15)63-100(109)115(107)99-62-83(81-56-86(111(4,5)6)64-87(57-81)112(7,8)9)60-97(108(99)116-101)105-91(77-46-42-69-28-16-20-32-73(69)52-77)37-26-38-92(105)78-47-43-70-29-17-21-33-74(70)53-78/h16-68,116-117H,1-15H3/i24D,25D,36D,41D. The molecule has 0 radical (unpaired) electrons. The Bertz CT molecular complexity index is 6850. The van der Waals surface area contributed by atoms with Gasteiger partial charge in [-0.15, -0.1) is 0 Å². The van der Waals surface area contributed by atoms with Crippen LogP contribution in [-0.2, 0) is 27.1 Å². The van der Waals surface area contributed by atoms with E-state index < -0.39 is 6.71 Å². The zero-order chi connectivity index (χ0) is 84.7. The van der Waals surface area contributed by atoms with Gasteiger partial charge in [0.2, 0.25) is 0 Å². The van der Waals surface area contributed by atoms with Crippen molar-refractivity contribution in [1.82, 2.24) is 4.57 Å². The van der Waals surface area contributed by atoms with Crippen molar-refractivity contribution in [2.24, 2.45) is 0 Å². The monoisotopic (exact) mass is 1530 g/mol. The van der Waals surface area contributed by atoms with Crippen LogP contribution in [0.4, 0.5) is 22.7 Å². The lowest BCUT2D eigenvalue weighted by Crippen LogP contribution is -2.59. The molecular formula is C114H100BN3. The van der Waals surface area contributed by atoms with Gasteiger partial charge in [-0.3, -0.25) is 0 Å². The van der Waals surface area contributed by atoms with Gasteiger partial charge in [0, 0.05) is 44.6 Å². The molecule has 574 valence electrons. The molecule has 17 aromatic carbocycles. The minimum absolute atomic E-state index is 0.0694. The Morgan fingerprint density at radius 3 is 0.958 bits per heavy atom. The number of hydrogen-bond acceptors (Lipinski definition) is 2. The quantitative estimate of drug-likeness (QED) is 0.141. The molecule has 0 atom stereocenters. The maximum atomic E-state index is 10.2. The van der Waals surface area contributed by atoms with E-state index in [0.717, 1.165) is 172 Å². The third-order valence-electron chi connectivity index (χ3n) is 25.4. The van der Waals surface area contributed by atoms with Gasteiger partial charge in [0.25, 0.3) is 6.71 Å². The third-order valence-corrected chi connectivity index (χ3v) is 25.4. The van der Waals surface area contributed by atoms with E-state index in [-0.39, 0.29) is 51.2 Å². The molecule has 0 spiro atoms. The zero-order valence-electron chi connectivity index (χ0n) is 74.3. The van der Waals surface area contributed by atoms with Gasteiger partial charge in [0.05, 0.1) is 22.2 Å². The summed E-state index contributed by atoms with van der Waals surface area (Å²) in [5.74, 6) is 0. The van der Waals surface area contributed by atoms with Crippen LogP contribution in [-0.4, -0.2) is 11.3 Å². The highest BCUT2D eigenvalue weighted by Gasteiger charge is 2.43. The minimum Gasteiger partial charge on any atom is -0.356 e. The number of nitrogens with zero attached hydrogens (tertiary/aromatic N) is 1. The van der Waals surface area contributed by atoms with E-state index in [1.807, 2.05) is 0 Å². The summed E-state index contributed by atoms with van der Waals surface area (Å²) in [6.07, 6.45) is 0. The van der Waals surface area contributed by atoms with Crippen molar-refractivity contribution in [1.29, 1.82) is 0 Å². The predicted molar refractivity (Wildman–Crippen MR) is 512 cm³/mol. The average molecular weight is 1530 g/mol. The second-order valence-electron chi connectivity index (χ2n) is 38.5. The molecule has 3 nitrogen and oxygen atoms in total. The Hall–Kier alpha value is -12.8. The van der Waals surface area contributed by atoms with Crippen LogP contribution in [0.1, 0.15) is 137 Å². The van der Waals surface area contributed by atoms with Crippen molar-refractivity contribution in [2.45, 2.75) is 131 Å². The summed E-state index contributed by atoms with van der Waals surface area (Å²) >= 11 is 0. The Balaban J connectivity index is 0.986. The number of nitrogens with one attached hydrogen (secondary N) is 2. The van der Waals surface area contributed by atoms with E-state index in [4.69, 9.17) is 0 Å². The lowest BCUT2D eigenvalue weighted by atomic mass is 9.33. The van der Waals surface area contributed by atoms with Gasteiger partial charge in [-0.05, 0) is 259 Å². The highest BCUT2D eigenvalue weighted by atomic mass is 15.0. The van der Waals surface area contributed by atoms with Crippen LogP contribution in [0.3, 0.4) is 0 Å². The molecule has 1 aromatic heterocycles. The van der Waals surface area contributed by atoms with Crippen molar-refractivity contribution in [3.05, 3.63) is 349 Å².